The summed E-state index contributed by atoms with van der Waals surface area (Å²) < 4.78 is 1.73. The summed E-state index contributed by atoms with van der Waals surface area (Å²) in [5.41, 5.74) is 7.60. The molecule has 0 aromatic carbocycles. The Hall–Kier alpha value is -1.59. The van der Waals surface area contributed by atoms with Gasteiger partial charge < -0.3 is 10.6 Å². The number of fused-ring (bicyclic) bond motifs is 1. The Bertz CT molecular complexity index is 652. The third kappa shape index (κ3) is 2.76. The van der Waals surface area contributed by atoms with Crippen molar-refractivity contribution < 1.29 is 4.79 Å². The zero-order valence-electron chi connectivity index (χ0n) is 12.3. The summed E-state index contributed by atoms with van der Waals surface area (Å²) in [4.78, 5) is 14.6. The van der Waals surface area contributed by atoms with E-state index in [1.54, 1.807) is 10.7 Å². The average Bonchev–Trinajstić information content (AvgIpc) is 2.85. The maximum absolute atomic E-state index is 12.7. The molecule has 2 N–H and O–H groups in total. The van der Waals surface area contributed by atoms with Gasteiger partial charge in [0, 0.05) is 25.3 Å². The van der Waals surface area contributed by atoms with E-state index in [1.165, 1.54) is 0 Å². The summed E-state index contributed by atoms with van der Waals surface area (Å²) in [7, 11) is 0. The van der Waals surface area contributed by atoms with E-state index >= 15 is 0 Å². The molecular formula is C15H21ClN4O. The number of halogens is 1. The van der Waals surface area contributed by atoms with Crippen molar-refractivity contribution in [1.82, 2.24) is 14.5 Å². The highest BCUT2D eigenvalue weighted by Gasteiger charge is 2.36. The van der Waals surface area contributed by atoms with E-state index in [9.17, 15) is 4.79 Å². The van der Waals surface area contributed by atoms with E-state index in [0.717, 1.165) is 11.9 Å². The van der Waals surface area contributed by atoms with Crippen LogP contribution in [0.3, 0.4) is 0 Å². The van der Waals surface area contributed by atoms with Crippen LogP contribution in [0.25, 0.3) is 5.52 Å². The third-order valence-electron chi connectivity index (χ3n) is 4.26. The van der Waals surface area contributed by atoms with E-state index in [2.05, 4.69) is 18.9 Å². The van der Waals surface area contributed by atoms with Crippen LogP contribution in [-0.4, -0.2) is 39.6 Å². The quantitative estimate of drug-likeness (QED) is 0.876. The molecule has 0 saturated carbocycles. The Kier molecular flexibility index (Phi) is 4.25. The number of nitrogens with two attached hydrogens (primary N) is 1. The van der Waals surface area contributed by atoms with Crippen LogP contribution in [0.4, 0.5) is 0 Å². The van der Waals surface area contributed by atoms with Gasteiger partial charge in [0.1, 0.15) is 0 Å². The molecule has 1 unspecified atom stereocenters. The number of carbonyl (C=O) groups excluding carboxylic acids is 1. The van der Waals surface area contributed by atoms with E-state index in [-0.39, 0.29) is 29.8 Å². The van der Waals surface area contributed by atoms with Gasteiger partial charge in [-0.2, -0.15) is 5.10 Å². The largest absolute Gasteiger partial charge is 0.338 e. The molecule has 1 aliphatic rings. The Morgan fingerprint density at radius 3 is 2.90 bits per heavy atom. The predicted molar refractivity (Wildman–Crippen MR) is 84.7 cm³/mol. The minimum atomic E-state index is -0.0448. The van der Waals surface area contributed by atoms with Crippen LogP contribution in [-0.2, 0) is 0 Å². The van der Waals surface area contributed by atoms with Gasteiger partial charge in [-0.05, 0) is 24.0 Å². The standard InChI is InChI=1S/C15H20N4O.ClH/c1-15(2)10-18(8-6-13(15)16)14(20)11-9-17-19-7-4-3-5-12(11)19;/h3-5,7,9,13H,6,8,10,16H2,1-2H3;1H. The summed E-state index contributed by atoms with van der Waals surface area (Å²) in [6, 6.07) is 5.89. The van der Waals surface area contributed by atoms with Gasteiger partial charge in [0.25, 0.3) is 5.91 Å². The number of hydrogen-bond acceptors (Lipinski definition) is 3. The highest BCUT2D eigenvalue weighted by Crippen LogP contribution is 2.29. The molecule has 1 fully saturated rings. The molecule has 2 aromatic rings. The lowest BCUT2D eigenvalue weighted by molar-refractivity contribution is 0.0535. The first-order chi connectivity index (χ1) is 9.49. The number of pyridine rings is 1. The Labute approximate surface area is 130 Å². The normalized spacial score (nSPS) is 21.1. The van der Waals surface area contributed by atoms with Crippen LogP contribution >= 0.6 is 12.4 Å². The summed E-state index contributed by atoms with van der Waals surface area (Å²) in [5, 5.41) is 4.23. The molecule has 0 spiro atoms. The topological polar surface area (TPSA) is 63.6 Å². The molecule has 114 valence electrons. The van der Waals surface area contributed by atoms with Crippen molar-refractivity contribution in [3.63, 3.8) is 0 Å². The number of piperidine rings is 1. The van der Waals surface area contributed by atoms with Gasteiger partial charge in [0.15, 0.2) is 0 Å². The van der Waals surface area contributed by atoms with E-state index in [1.807, 2.05) is 29.3 Å². The second-order valence-corrected chi connectivity index (χ2v) is 6.20. The monoisotopic (exact) mass is 308 g/mol. The first-order valence-corrected chi connectivity index (χ1v) is 6.96. The highest BCUT2D eigenvalue weighted by molar-refractivity contribution is 6.00. The van der Waals surface area contributed by atoms with Crippen molar-refractivity contribution in [3.8, 4) is 0 Å². The molecule has 2 aromatic heterocycles. The molecule has 1 aliphatic heterocycles. The SMILES string of the molecule is CC1(C)CN(C(=O)c2cnn3ccccc23)CCC1N.Cl. The van der Waals surface area contributed by atoms with Crippen molar-refractivity contribution in [1.29, 1.82) is 0 Å². The fourth-order valence-corrected chi connectivity index (χ4v) is 2.82. The fourth-order valence-electron chi connectivity index (χ4n) is 2.82. The minimum Gasteiger partial charge on any atom is -0.338 e. The number of carbonyl (C=O) groups is 1. The molecule has 0 bridgehead atoms. The Morgan fingerprint density at radius 2 is 2.19 bits per heavy atom. The number of hydrogen-bond donors (Lipinski definition) is 1. The average molecular weight is 309 g/mol. The van der Waals surface area contributed by atoms with E-state index < -0.39 is 0 Å². The number of likely N-dealkylation sites (tertiary alicyclic amines) is 1. The molecule has 5 nitrogen and oxygen atoms in total. The lowest BCUT2D eigenvalue weighted by atomic mass is 9.79. The molecule has 0 radical (unpaired) electrons. The number of amides is 1. The Balaban J connectivity index is 0.00000161. The zero-order valence-corrected chi connectivity index (χ0v) is 13.1. The minimum absolute atomic E-state index is 0. The van der Waals surface area contributed by atoms with Crippen LogP contribution in [0, 0.1) is 5.41 Å². The van der Waals surface area contributed by atoms with Crippen LogP contribution in [0.1, 0.15) is 30.6 Å². The van der Waals surface area contributed by atoms with Gasteiger partial charge in [-0.25, -0.2) is 4.52 Å². The third-order valence-corrected chi connectivity index (χ3v) is 4.26. The highest BCUT2D eigenvalue weighted by atomic mass is 35.5. The molecule has 3 heterocycles. The van der Waals surface area contributed by atoms with Gasteiger partial charge in [0.2, 0.25) is 0 Å². The van der Waals surface area contributed by atoms with Crippen LogP contribution in [0.5, 0.6) is 0 Å². The number of aromatic nitrogens is 2. The number of nitrogens with zero attached hydrogens (tertiary/aromatic N) is 3. The van der Waals surface area contributed by atoms with E-state index in [4.69, 9.17) is 5.73 Å². The fraction of sp³-hybridized carbons (Fsp3) is 0.467. The second kappa shape index (κ2) is 5.66. The van der Waals surface area contributed by atoms with Crippen molar-refractivity contribution in [2.24, 2.45) is 11.1 Å². The van der Waals surface area contributed by atoms with Crippen molar-refractivity contribution >= 4 is 23.8 Å². The number of rotatable bonds is 1. The molecule has 21 heavy (non-hydrogen) atoms. The van der Waals surface area contributed by atoms with Gasteiger partial charge in [-0.1, -0.05) is 19.9 Å². The first kappa shape index (κ1) is 15.8. The molecule has 1 amide bonds. The lowest BCUT2D eigenvalue weighted by Crippen LogP contribution is -2.53. The Morgan fingerprint density at radius 1 is 1.43 bits per heavy atom. The van der Waals surface area contributed by atoms with Crippen molar-refractivity contribution in [2.75, 3.05) is 13.1 Å². The smallest absolute Gasteiger partial charge is 0.257 e. The first-order valence-electron chi connectivity index (χ1n) is 6.96. The van der Waals surface area contributed by atoms with Crippen LogP contribution < -0.4 is 5.73 Å². The van der Waals surface area contributed by atoms with Crippen molar-refractivity contribution in [3.05, 3.63) is 36.2 Å². The van der Waals surface area contributed by atoms with Crippen molar-refractivity contribution in [2.45, 2.75) is 26.3 Å². The molecule has 0 aliphatic carbocycles. The molecule has 1 saturated heterocycles. The van der Waals surface area contributed by atoms with Gasteiger partial charge in [0.05, 0.1) is 17.3 Å². The summed E-state index contributed by atoms with van der Waals surface area (Å²) in [5.74, 6) is 0.0474. The second-order valence-electron chi connectivity index (χ2n) is 6.20. The summed E-state index contributed by atoms with van der Waals surface area (Å²) >= 11 is 0. The molecule has 6 heteroatoms. The summed E-state index contributed by atoms with van der Waals surface area (Å²) in [6.45, 7) is 5.64. The predicted octanol–water partition coefficient (Wildman–Crippen LogP) is 1.96. The van der Waals surface area contributed by atoms with Gasteiger partial charge >= 0.3 is 0 Å². The zero-order chi connectivity index (χ0) is 14.3. The maximum Gasteiger partial charge on any atom is 0.257 e. The van der Waals surface area contributed by atoms with Gasteiger partial charge in [-0.15, -0.1) is 12.4 Å². The molecule has 1 atom stereocenters. The lowest BCUT2D eigenvalue weighted by Gasteiger charge is -2.42. The maximum atomic E-state index is 12.7. The van der Waals surface area contributed by atoms with Crippen LogP contribution in [0.2, 0.25) is 0 Å². The van der Waals surface area contributed by atoms with Gasteiger partial charge in [-0.3, -0.25) is 4.79 Å². The van der Waals surface area contributed by atoms with Crippen LogP contribution in [0.15, 0.2) is 30.6 Å². The van der Waals surface area contributed by atoms with E-state index in [0.29, 0.717) is 18.7 Å². The molecule has 3 rings (SSSR count). The molecular weight excluding hydrogens is 288 g/mol. The summed E-state index contributed by atoms with van der Waals surface area (Å²) in [6.07, 6.45) is 4.35.